The van der Waals surface area contributed by atoms with Crippen LogP contribution in [0.5, 0.6) is 0 Å². The third kappa shape index (κ3) is 6.13. The van der Waals surface area contributed by atoms with E-state index >= 15 is 0 Å². The number of carbonyl (C=O) groups excluding carboxylic acids is 1. The van der Waals surface area contributed by atoms with Crippen LogP contribution in [0.1, 0.15) is 38.5 Å². The Morgan fingerprint density at radius 2 is 2.24 bits per heavy atom. The molecule has 1 amide bonds. The van der Waals surface area contributed by atoms with Crippen LogP contribution in [0.4, 0.5) is 0 Å². The highest BCUT2D eigenvalue weighted by Gasteiger charge is 2.05. The summed E-state index contributed by atoms with van der Waals surface area (Å²) in [6.45, 7) is 0. The number of rotatable bonds is 7. The van der Waals surface area contributed by atoms with Gasteiger partial charge in [0.15, 0.2) is 0 Å². The van der Waals surface area contributed by atoms with Crippen molar-refractivity contribution >= 4 is 26.9 Å². The van der Waals surface area contributed by atoms with Crippen molar-refractivity contribution in [1.82, 2.24) is 0 Å². The van der Waals surface area contributed by atoms with Crippen LogP contribution in [0.2, 0.25) is 0 Å². The first-order valence-electron chi connectivity index (χ1n) is 5.88. The van der Waals surface area contributed by atoms with E-state index in [9.17, 15) is 9.70 Å². The lowest BCUT2D eigenvalue weighted by molar-refractivity contribution is -0.118. The summed E-state index contributed by atoms with van der Waals surface area (Å²) in [5.74, 6) is 0.545. The van der Waals surface area contributed by atoms with E-state index in [1.807, 2.05) is 11.8 Å². The van der Waals surface area contributed by atoms with Gasteiger partial charge in [0.05, 0.1) is 0 Å². The van der Waals surface area contributed by atoms with Crippen LogP contribution >= 0.6 is 21.0 Å². The van der Waals surface area contributed by atoms with Gasteiger partial charge in [-0.25, -0.2) is 0 Å². The number of thioether (sulfide) groups is 1. The molecule has 1 aliphatic rings. The summed E-state index contributed by atoms with van der Waals surface area (Å²) >= 11 is 1.87. The molecule has 0 N–H and O–H groups in total. The maximum atomic E-state index is 10.6. The van der Waals surface area contributed by atoms with Gasteiger partial charge in [0.25, 0.3) is 5.91 Å². The number of amides is 1. The third-order valence-electron chi connectivity index (χ3n) is 2.56. The second-order valence-electron chi connectivity index (χ2n) is 3.97. The highest BCUT2D eigenvalue weighted by Crippen LogP contribution is 2.32. The molecule has 17 heavy (non-hydrogen) atoms. The number of nitrogens with zero attached hydrogens (tertiary/aromatic N) is 1. The highest BCUT2D eigenvalue weighted by atomic mass is 32.2. The Kier molecular flexibility index (Phi) is 7.38. The minimum atomic E-state index is -0.525. The molecule has 0 aliphatic heterocycles. The van der Waals surface area contributed by atoms with E-state index in [1.54, 1.807) is 0 Å². The second kappa shape index (κ2) is 8.60. The van der Waals surface area contributed by atoms with E-state index in [1.165, 1.54) is 10.2 Å². The van der Waals surface area contributed by atoms with Crippen molar-refractivity contribution in [3.05, 3.63) is 27.3 Å². The van der Waals surface area contributed by atoms with E-state index in [-0.39, 0.29) is 0 Å². The molecular weight excluding hydrogens is 253 g/mol. The fraction of sp³-hybridized carbons (Fsp3) is 0.583. The molecule has 1 unspecified atom stereocenters. The topological polar surface area (TPSA) is 46.5 Å². The molecule has 0 heterocycles. The standard InChI is InChI=1S/C12H18NO2PS/c14-12(13-15)8-2-1-5-9-17-11-7-4-3-6-10(11)16/h4,7H,1-3,5-6,8-9,16H2. The summed E-state index contributed by atoms with van der Waals surface area (Å²) in [5, 5.41) is 3.78. The molecule has 0 aromatic carbocycles. The Bertz CT molecular complexity index is 339. The Morgan fingerprint density at radius 3 is 2.94 bits per heavy atom. The maximum Gasteiger partial charge on any atom is 0.286 e. The first kappa shape index (κ1) is 14.6. The first-order valence-corrected chi connectivity index (χ1v) is 7.44. The van der Waals surface area contributed by atoms with Crippen molar-refractivity contribution in [1.29, 1.82) is 0 Å². The maximum absolute atomic E-state index is 10.6. The van der Waals surface area contributed by atoms with Gasteiger partial charge in [0.1, 0.15) is 0 Å². The highest BCUT2D eigenvalue weighted by molar-refractivity contribution is 8.03. The number of hydrogen-bond acceptors (Lipinski definition) is 3. The molecule has 0 spiro atoms. The molecule has 0 saturated heterocycles. The normalized spacial score (nSPS) is 15.1. The Morgan fingerprint density at radius 1 is 1.41 bits per heavy atom. The van der Waals surface area contributed by atoms with Gasteiger partial charge < -0.3 is 0 Å². The summed E-state index contributed by atoms with van der Waals surface area (Å²) in [7, 11) is 2.81. The molecule has 1 rings (SSSR count). The number of allylic oxidation sites excluding steroid dienone is 3. The Hall–Kier alpha value is -0.470. The third-order valence-corrected chi connectivity index (χ3v) is 4.57. The average molecular weight is 271 g/mol. The number of unbranched alkanes of at least 4 members (excludes halogenated alkanes) is 2. The SMILES string of the molecule is O=NC(=O)CCCCCSC1=C(P)CCC=C1. The Balaban J connectivity index is 2.06. The first-order chi connectivity index (χ1) is 8.24. The summed E-state index contributed by atoms with van der Waals surface area (Å²) in [4.78, 5) is 21.8. The van der Waals surface area contributed by atoms with Gasteiger partial charge in [-0.3, -0.25) is 4.79 Å². The lowest BCUT2D eigenvalue weighted by Gasteiger charge is -2.11. The van der Waals surface area contributed by atoms with Crippen molar-refractivity contribution < 1.29 is 4.79 Å². The van der Waals surface area contributed by atoms with Crippen LogP contribution in [0, 0.1) is 4.91 Å². The van der Waals surface area contributed by atoms with Crippen LogP contribution in [-0.4, -0.2) is 11.7 Å². The van der Waals surface area contributed by atoms with Crippen molar-refractivity contribution in [2.45, 2.75) is 38.5 Å². The van der Waals surface area contributed by atoms with E-state index in [0.717, 1.165) is 37.9 Å². The molecule has 1 aliphatic carbocycles. The number of nitroso groups, excluding NO2 is 1. The zero-order valence-corrected chi connectivity index (χ0v) is 11.8. The Labute approximate surface area is 109 Å². The van der Waals surface area contributed by atoms with E-state index in [2.05, 4.69) is 26.6 Å². The summed E-state index contributed by atoms with van der Waals surface area (Å²) in [6.07, 6.45) is 9.82. The van der Waals surface area contributed by atoms with Crippen molar-refractivity contribution in [3.8, 4) is 0 Å². The molecule has 0 saturated carbocycles. The molecule has 1 atom stereocenters. The van der Waals surface area contributed by atoms with Crippen molar-refractivity contribution in [3.63, 3.8) is 0 Å². The minimum Gasteiger partial charge on any atom is -0.269 e. The number of carbonyl (C=O) groups is 1. The van der Waals surface area contributed by atoms with Gasteiger partial charge in [-0.05, 0) is 36.8 Å². The predicted molar refractivity (Wildman–Crippen MR) is 76.8 cm³/mol. The summed E-state index contributed by atoms with van der Waals surface area (Å²) < 4.78 is 0. The number of hydrogen-bond donors (Lipinski definition) is 0. The monoisotopic (exact) mass is 271 g/mol. The molecule has 0 radical (unpaired) electrons. The molecule has 5 heteroatoms. The zero-order valence-electron chi connectivity index (χ0n) is 9.85. The lowest BCUT2D eigenvalue weighted by Crippen LogP contribution is -1.92. The van der Waals surface area contributed by atoms with Crippen LogP contribution in [0.3, 0.4) is 0 Å². The smallest absolute Gasteiger partial charge is 0.269 e. The molecule has 3 nitrogen and oxygen atoms in total. The van der Waals surface area contributed by atoms with E-state index in [4.69, 9.17) is 0 Å². The quantitative estimate of drug-likeness (QED) is 0.399. The van der Waals surface area contributed by atoms with Crippen LogP contribution in [0.25, 0.3) is 0 Å². The molecule has 0 aromatic rings. The summed E-state index contributed by atoms with van der Waals surface area (Å²) in [5.41, 5.74) is 0. The van der Waals surface area contributed by atoms with Crippen molar-refractivity contribution in [2.75, 3.05) is 5.75 Å². The van der Waals surface area contributed by atoms with Gasteiger partial charge in [0.2, 0.25) is 0 Å². The predicted octanol–water partition coefficient (Wildman–Crippen LogP) is 4.01. The molecule has 94 valence electrons. The molecule has 0 aromatic heterocycles. The fourth-order valence-electron chi connectivity index (χ4n) is 1.58. The lowest BCUT2D eigenvalue weighted by atomic mass is 10.2. The van der Waals surface area contributed by atoms with E-state index < -0.39 is 5.91 Å². The molecule has 0 bridgehead atoms. The second-order valence-corrected chi connectivity index (χ2v) is 5.81. The van der Waals surface area contributed by atoms with Gasteiger partial charge >= 0.3 is 0 Å². The van der Waals surface area contributed by atoms with E-state index in [0.29, 0.717) is 6.42 Å². The van der Waals surface area contributed by atoms with Crippen LogP contribution < -0.4 is 0 Å². The van der Waals surface area contributed by atoms with Gasteiger partial charge in [-0.2, -0.15) is 0 Å². The largest absolute Gasteiger partial charge is 0.286 e. The minimum absolute atomic E-state index is 0.297. The average Bonchev–Trinajstić information content (AvgIpc) is 2.35. The van der Waals surface area contributed by atoms with Crippen molar-refractivity contribution in [2.24, 2.45) is 5.18 Å². The zero-order chi connectivity index (χ0) is 12.5. The van der Waals surface area contributed by atoms with Gasteiger partial charge in [-0.15, -0.1) is 25.9 Å². The van der Waals surface area contributed by atoms with Gasteiger partial charge in [0, 0.05) is 16.5 Å². The van der Waals surface area contributed by atoms with Crippen LogP contribution in [-0.2, 0) is 4.79 Å². The molecule has 0 fully saturated rings. The van der Waals surface area contributed by atoms with Gasteiger partial charge in [-0.1, -0.05) is 18.6 Å². The summed E-state index contributed by atoms with van der Waals surface area (Å²) in [6, 6.07) is 0. The fourth-order valence-corrected chi connectivity index (χ4v) is 3.14. The molecular formula is C12H18NO2PS. The van der Waals surface area contributed by atoms with Crippen LogP contribution in [0.15, 0.2) is 27.5 Å².